The van der Waals surface area contributed by atoms with Crippen LogP contribution >= 0.6 is 12.4 Å². The Labute approximate surface area is 122 Å². The highest BCUT2D eigenvalue weighted by Gasteiger charge is 2.21. The number of likely N-dealkylation sites (N-methyl/N-ethyl adjacent to an activating group) is 1. The molecular weight excluding hydrogens is 262 g/mol. The summed E-state index contributed by atoms with van der Waals surface area (Å²) in [7, 11) is 0. The molecule has 0 saturated carbocycles. The summed E-state index contributed by atoms with van der Waals surface area (Å²) < 4.78 is 5.54. The third-order valence-corrected chi connectivity index (χ3v) is 3.31. The van der Waals surface area contributed by atoms with Crippen LogP contribution in [0, 0.1) is 13.8 Å². The fourth-order valence-corrected chi connectivity index (χ4v) is 2.07. The molecule has 1 atom stereocenters. The fourth-order valence-electron chi connectivity index (χ4n) is 2.07. The number of para-hydroxylation sites is 1. The Hall–Kier alpha value is -1.06. The van der Waals surface area contributed by atoms with Crippen molar-refractivity contribution in [2.24, 2.45) is 0 Å². The molecule has 108 valence electrons. The van der Waals surface area contributed by atoms with E-state index in [9.17, 15) is 4.79 Å². The number of halogens is 1. The molecule has 0 unspecified atom stereocenters. The first-order valence-electron chi connectivity index (χ1n) is 6.53. The summed E-state index contributed by atoms with van der Waals surface area (Å²) in [5, 5.41) is 0. The average molecular weight is 286 g/mol. The van der Waals surface area contributed by atoms with Crippen LogP contribution < -0.4 is 4.74 Å². The number of aryl methyl sites for hydroxylation is 2. The van der Waals surface area contributed by atoms with Gasteiger partial charge >= 0.3 is 5.97 Å². The first-order chi connectivity index (χ1) is 8.51. The van der Waals surface area contributed by atoms with E-state index < -0.39 is 0 Å². The van der Waals surface area contributed by atoms with Gasteiger partial charge in [-0.05, 0) is 45.0 Å². The Morgan fingerprint density at radius 3 is 2.11 bits per heavy atom. The van der Waals surface area contributed by atoms with Gasteiger partial charge < -0.3 is 4.74 Å². The van der Waals surface area contributed by atoms with Gasteiger partial charge in [-0.1, -0.05) is 32.0 Å². The number of hydrogen-bond acceptors (Lipinski definition) is 3. The van der Waals surface area contributed by atoms with Gasteiger partial charge in [0.2, 0.25) is 0 Å². The SMILES string of the molecule is CCN(CC)[C@@H](C)C(=O)Oc1c(C)cccc1C.Cl. The Kier molecular flexibility index (Phi) is 7.72. The van der Waals surface area contributed by atoms with Crippen LogP contribution in [0.3, 0.4) is 0 Å². The van der Waals surface area contributed by atoms with Gasteiger partial charge in [0.25, 0.3) is 0 Å². The second kappa shape index (κ2) is 8.18. The highest BCUT2D eigenvalue weighted by atomic mass is 35.5. The van der Waals surface area contributed by atoms with Crippen LogP contribution in [0.5, 0.6) is 5.75 Å². The summed E-state index contributed by atoms with van der Waals surface area (Å²) >= 11 is 0. The van der Waals surface area contributed by atoms with Crippen LogP contribution in [-0.2, 0) is 4.79 Å². The maximum Gasteiger partial charge on any atom is 0.328 e. The van der Waals surface area contributed by atoms with Gasteiger partial charge in [0, 0.05) is 0 Å². The molecule has 19 heavy (non-hydrogen) atoms. The van der Waals surface area contributed by atoms with E-state index in [4.69, 9.17) is 4.74 Å². The molecule has 0 N–H and O–H groups in total. The fraction of sp³-hybridized carbons (Fsp3) is 0.533. The third-order valence-electron chi connectivity index (χ3n) is 3.31. The van der Waals surface area contributed by atoms with Crippen molar-refractivity contribution < 1.29 is 9.53 Å². The third kappa shape index (κ3) is 4.51. The molecule has 1 aromatic carbocycles. The number of rotatable bonds is 5. The summed E-state index contributed by atoms with van der Waals surface area (Å²) in [5.41, 5.74) is 1.99. The Morgan fingerprint density at radius 1 is 1.21 bits per heavy atom. The van der Waals surface area contributed by atoms with Crippen molar-refractivity contribution in [2.75, 3.05) is 13.1 Å². The van der Waals surface area contributed by atoms with Crippen molar-refractivity contribution in [3.05, 3.63) is 29.3 Å². The predicted molar refractivity (Wildman–Crippen MR) is 81.2 cm³/mol. The second-order valence-electron chi connectivity index (χ2n) is 4.54. The average Bonchev–Trinajstić information content (AvgIpc) is 2.35. The van der Waals surface area contributed by atoms with Gasteiger partial charge in [-0.25, -0.2) is 4.79 Å². The van der Waals surface area contributed by atoms with E-state index in [1.807, 2.05) is 52.8 Å². The largest absolute Gasteiger partial charge is 0.425 e. The molecule has 0 fully saturated rings. The zero-order chi connectivity index (χ0) is 13.7. The van der Waals surface area contributed by atoms with Crippen molar-refractivity contribution in [3.8, 4) is 5.75 Å². The second-order valence-corrected chi connectivity index (χ2v) is 4.54. The number of esters is 1. The molecule has 0 aliphatic carbocycles. The number of carbonyl (C=O) groups is 1. The highest BCUT2D eigenvalue weighted by molar-refractivity contribution is 5.85. The lowest BCUT2D eigenvalue weighted by Gasteiger charge is -2.25. The Bertz CT molecular complexity index is 396. The van der Waals surface area contributed by atoms with Crippen LogP contribution in [0.1, 0.15) is 31.9 Å². The van der Waals surface area contributed by atoms with Crippen LogP contribution in [-0.4, -0.2) is 30.0 Å². The van der Waals surface area contributed by atoms with Crippen molar-refractivity contribution in [1.82, 2.24) is 4.90 Å². The minimum Gasteiger partial charge on any atom is -0.425 e. The summed E-state index contributed by atoms with van der Waals surface area (Å²) in [6.07, 6.45) is 0. The van der Waals surface area contributed by atoms with Gasteiger partial charge in [-0.15, -0.1) is 12.4 Å². The topological polar surface area (TPSA) is 29.5 Å². The molecule has 0 heterocycles. The summed E-state index contributed by atoms with van der Waals surface area (Å²) in [5.74, 6) is 0.512. The lowest BCUT2D eigenvalue weighted by Crippen LogP contribution is -2.41. The normalized spacial score (nSPS) is 11.9. The molecule has 4 heteroatoms. The number of hydrogen-bond donors (Lipinski definition) is 0. The Balaban J connectivity index is 0.00000324. The van der Waals surface area contributed by atoms with E-state index in [2.05, 4.69) is 4.90 Å². The van der Waals surface area contributed by atoms with E-state index >= 15 is 0 Å². The molecule has 1 aromatic rings. The molecule has 0 aliphatic heterocycles. The molecule has 0 radical (unpaired) electrons. The maximum absolute atomic E-state index is 12.1. The smallest absolute Gasteiger partial charge is 0.328 e. The van der Waals surface area contributed by atoms with E-state index in [-0.39, 0.29) is 24.4 Å². The maximum atomic E-state index is 12.1. The van der Waals surface area contributed by atoms with Gasteiger partial charge in [-0.3, -0.25) is 4.90 Å². The number of nitrogens with zero attached hydrogens (tertiary/aromatic N) is 1. The van der Waals surface area contributed by atoms with Gasteiger partial charge in [-0.2, -0.15) is 0 Å². The minimum atomic E-state index is -0.209. The highest BCUT2D eigenvalue weighted by Crippen LogP contribution is 2.23. The van der Waals surface area contributed by atoms with E-state index in [1.165, 1.54) is 0 Å². The molecule has 0 saturated heterocycles. The van der Waals surface area contributed by atoms with Crippen molar-refractivity contribution in [2.45, 2.75) is 40.7 Å². The van der Waals surface area contributed by atoms with E-state index in [0.29, 0.717) is 5.75 Å². The lowest BCUT2D eigenvalue weighted by molar-refractivity contribution is -0.139. The predicted octanol–water partition coefficient (Wildman–Crippen LogP) is 3.36. The van der Waals surface area contributed by atoms with E-state index in [0.717, 1.165) is 24.2 Å². The van der Waals surface area contributed by atoms with Gasteiger partial charge in [0.05, 0.1) is 0 Å². The first kappa shape index (κ1) is 17.9. The lowest BCUT2D eigenvalue weighted by atomic mass is 10.1. The summed E-state index contributed by atoms with van der Waals surface area (Å²) in [6.45, 7) is 11.6. The minimum absolute atomic E-state index is 0. The molecule has 3 nitrogen and oxygen atoms in total. The van der Waals surface area contributed by atoms with Crippen molar-refractivity contribution in [1.29, 1.82) is 0 Å². The molecule has 0 aliphatic rings. The van der Waals surface area contributed by atoms with Crippen molar-refractivity contribution in [3.63, 3.8) is 0 Å². The van der Waals surface area contributed by atoms with Crippen LogP contribution in [0.2, 0.25) is 0 Å². The van der Waals surface area contributed by atoms with Crippen molar-refractivity contribution >= 4 is 18.4 Å². The van der Waals surface area contributed by atoms with Crippen LogP contribution in [0.15, 0.2) is 18.2 Å². The zero-order valence-corrected chi connectivity index (χ0v) is 13.2. The van der Waals surface area contributed by atoms with Gasteiger partial charge in [0.15, 0.2) is 0 Å². The quantitative estimate of drug-likeness (QED) is 0.614. The Morgan fingerprint density at radius 2 is 1.68 bits per heavy atom. The van der Waals surface area contributed by atoms with Crippen LogP contribution in [0.25, 0.3) is 0 Å². The molecular formula is C15H24ClNO2. The van der Waals surface area contributed by atoms with Gasteiger partial charge in [0.1, 0.15) is 11.8 Å². The summed E-state index contributed by atoms with van der Waals surface area (Å²) in [6, 6.07) is 5.67. The molecule has 1 rings (SSSR count). The first-order valence-corrected chi connectivity index (χ1v) is 6.53. The number of ether oxygens (including phenoxy) is 1. The molecule has 0 bridgehead atoms. The molecule has 0 aromatic heterocycles. The molecule has 0 amide bonds. The monoisotopic (exact) mass is 285 g/mol. The summed E-state index contributed by atoms with van der Waals surface area (Å²) in [4.78, 5) is 14.2. The zero-order valence-electron chi connectivity index (χ0n) is 12.4. The van der Waals surface area contributed by atoms with E-state index in [1.54, 1.807) is 0 Å². The van der Waals surface area contributed by atoms with Crippen LogP contribution in [0.4, 0.5) is 0 Å². The standard InChI is InChI=1S/C15H23NO2.ClH/c1-6-16(7-2)13(5)15(17)18-14-11(3)9-8-10-12(14)4;/h8-10,13H,6-7H2,1-5H3;1H/t13-;/m0./s1. The number of carbonyl (C=O) groups excluding carboxylic acids is 1. The number of benzene rings is 1. The molecule has 0 spiro atoms.